The van der Waals surface area contributed by atoms with Crippen molar-refractivity contribution < 1.29 is 9.53 Å². The van der Waals surface area contributed by atoms with Crippen LogP contribution in [0.25, 0.3) is 0 Å². The Hall–Kier alpha value is -1.10. The summed E-state index contributed by atoms with van der Waals surface area (Å²) in [4.78, 5) is 11.6. The second-order valence-electron chi connectivity index (χ2n) is 2.88. The van der Waals surface area contributed by atoms with E-state index in [1.54, 1.807) is 17.5 Å². The summed E-state index contributed by atoms with van der Waals surface area (Å²) < 4.78 is 8.89. The molecule has 0 atom stereocenters. The number of ether oxygens (including phenoxy) is 1. The average Bonchev–Trinajstić information content (AvgIpc) is 2.75. The van der Waals surface area contributed by atoms with Crippen molar-refractivity contribution in [3.8, 4) is 5.75 Å². The average molecular weight is 274 g/mol. The van der Waals surface area contributed by atoms with Gasteiger partial charge in [0.05, 0.1) is 16.8 Å². The van der Waals surface area contributed by atoms with E-state index in [1.165, 1.54) is 23.8 Å². The molecule has 0 bridgehead atoms. The van der Waals surface area contributed by atoms with E-state index in [1.807, 2.05) is 0 Å². The van der Waals surface area contributed by atoms with Crippen molar-refractivity contribution in [1.82, 2.24) is 4.37 Å². The molecule has 2 aromatic rings. The molecule has 0 saturated carbocycles. The van der Waals surface area contributed by atoms with E-state index < -0.39 is 5.97 Å². The van der Waals surface area contributed by atoms with E-state index in [0.717, 1.165) is 0 Å². The largest absolute Gasteiger partial charge is 0.421 e. The summed E-state index contributed by atoms with van der Waals surface area (Å²) >= 11 is 12.8. The minimum Gasteiger partial charge on any atom is -0.421 e. The van der Waals surface area contributed by atoms with Crippen molar-refractivity contribution in [1.29, 1.82) is 0 Å². The van der Waals surface area contributed by atoms with Gasteiger partial charge in [0, 0.05) is 10.4 Å². The van der Waals surface area contributed by atoms with Crippen LogP contribution in [0, 0.1) is 0 Å². The molecule has 1 heterocycles. The maximum absolute atomic E-state index is 11.6. The summed E-state index contributed by atoms with van der Waals surface area (Å²) in [5.74, 6) is -0.208. The smallest absolute Gasteiger partial charge is 0.346 e. The minimum atomic E-state index is -0.488. The Bertz CT molecular complexity index is 514. The highest BCUT2D eigenvalue weighted by Crippen LogP contribution is 2.28. The fourth-order valence-corrected chi connectivity index (χ4v) is 1.98. The Morgan fingerprint density at radius 1 is 1.38 bits per heavy atom. The van der Waals surface area contributed by atoms with Crippen molar-refractivity contribution in [3.05, 3.63) is 45.4 Å². The zero-order chi connectivity index (χ0) is 11.5. The van der Waals surface area contributed by atoms with Crippen LogP contribution in [0.3, 0.4) is 0 Å². The lowest BCUT2D eigenvalue weighted by molar-refractivity contribution is 0.0735. The molecule has 0 aliphatic heterocycles. The molecule has 0 aliphatic carbocycles. The van der Waals surface area contributed by atoms with Gasteiger partial charge in [0.15, 0.2) is 0 Å². The second-order valence-corrected chi connectivity index (χ2v) is 4.38. The molecule has 1 aromatic carbocycles. The van der Waals surface area contributed by atoms with Crippen LogP contribution in [0.1, 0.15) is 10.4 Å². The molecule has 2 rings (SSSR count). The minimum absolute atomic E-state index is 0.280. The summed E-state index contributed by atoms with van der Waals surface area (Å²) in [5.41, 5.74) is 0.399. The van der Waals surface area contributed by atoms with E-state index in [0.29, 0.717) is 15.6 Å². The molecule has 0 unspecified atom stereocenters. The van der Waals surface area contributed by atoms with E-state index >= 15 is 0 Å². The van der Waals surface area contributed by atoms with Gasteiger partial charge in [0.1, 0.15) is 5.75 Å². The molecule has 0 saturated heterocycles. The van der Waals surface area contributed by atoms with Gasteiger partial charge < -0.3 is 4.74 Å². The summed E-state index contributed by atoms with van der Waals surface area (Å²) in [5, 5.41) is 2.39. The third kappa shape index (κ3) is 2.52. The standard InChI is InChI=1S/C10H5Cl2NO2S/c11-7-1-2-9(8(12)3-7)15-10(14)6-4-13-16-5-6/h1-5H. The van der Waals surface area contributed by atoms with Gasteiger partial charge in [-0.15, -0.1) is 0 Å². The number of esters is 1. The third-order valence-corrected chi connectivity index (χ3v) is 2.88. The Morgan fingerprint density at radius 2 is 2.19 bits per heavy atom. The van der Waals surface area contributed by atoms with Crippen LogP contribution in [0.15, 0.2) is 29.8 Å². The summed E-state index contributed by atoms with van der Waals surface area (Å²) in [6.45, 7) is 0. The Morgan fingerprint density at radius 3 is 2.81 bits per heavy atom. The summed E-state index contributed by atoms with van der Waals surface area (Å²) in [6, 6.07) is 4.65. The van der Waals surface area contributed by atoms with Crippen LogP contribution in [0.2, 0.25) is 10.0 Å². The number of hydrogen-bond donors (Lipinski definition) is 0. The van der Waals surface area contributed by atoms with Crippen LogP contribution in [-0.2, 0) is 0 Å². The molecule has 0 spiro atoms. The topological polar surface area (TPSA) is 39.2 Å². The van der Waals surface area contributed by atoms with Crippen LogP contribution < -0.4 is 4.74 Å². The molecular formula is C10H5Cl2NO2S. The zero-order valence-corrected chi connectivity index (χ0v) is 10.1. The number of rotatable bonds is 2. The van der Waals surface area contributed by atoms with Crippen LogP contribution in [-0.4, -0.2) is 10.3 Å². The van der Waals surface area contributed by atoms with Crippen molar-refractivity contribution >= 4 is 40.7 Å². The number of hydrogen-bond acceptors (Lipinski definition) is 4. The van der Waals surface area contributed by atoms with Gasteiger partial charge in [-0.25, -0.2) is 9.17 Å². The first-order chi connectivity index (χ1) is 7.66. The van der Waals surface area contributed by atoms with E-state index in [4.69, 9.17) is 27.9 Å². The predicted molar refractivity (Wildman–Crippen MR) is 63.5 cm³/mol. The molecule has 82 valence electrons. The SMILES string of the molecule is O=C(Oc1ccc(Cl)cc1Cl)c1cnsc1. The van der Waals surface area contributed by atoms with Gasteiger partial charge in [-0.1, -0.05) is 23.2 Å². The highest BCUT2D eigenvalue weighted by atomic mass is 35.5. The van der Waals surface area contributed by atoms with Gasteiger partial charge in [0.25, 0.3) is 0 Å². The first-order valence-corrected chi connectivity index (χ1v) is 5.82. The first kappa shape index (κ1) is 11.4. The molecule has 16 heavy (non-hydrogen) atoms. The number of carbonyl (C=O) groups is 1. The molecule has 0 fully saturated rings. The van der Waals surface area contributed by atoms with E-state index in [9.17, 15) is 4.79 Å². The Labute approximate surface area is 106 Å². The van der Waals surface area contributed by atoms with Crippen molar-refractivity contribution in [2.45, 2.75) is 0 Å². The monoisotopic (exact) mass is 273 g/mol. The van der Waals surface area contributed by atoms with Gasteiger partial charge in [-0.3, -0.25) is 0 Å². The number of nitrogens with zero attached hydrogens (tertiary/aromatic N) is 1. The quantitative estimate of drug-likeness (QED) is 0.619. The lowest BCUT2D eigenvalue weighted by Crippen LogP contribution is -2.07. The normalized spacial score (nSPS) is 10.1. The molecule has 1 aromatic heterocycles. The van der Waals surface area contributed by atoms with Crippen molar-refractivity contribution in [2.24, 2.45) is 0 Å². The van der Waals surface area contributed by atoms with Crippen LogP contribution in [0.5, 0.6) is 5.75 Å². The molecule has 0 amide bonds. The summed E-state index contributed by atoms with van der Waals surface area (Å²) in [6.07, 6.45) is 1.44. The molecule has 0 aliphatic rings. The number of halogens is 2. The lowest BCUT2D eigenvalue weighted by atomic mass is 10.3. The van der Waals surface area contributed by atoms with Gasteiger partial charge in [-0.2, -0.15) is 0 Å². The van der Waals surface area contributed by atoms with Crippen LogP contribution in [0.4, 0.5) is 0 Å². The lowest BCUT2D eigenvalue weighted by Gasteiger charge is -2.04. The van der Waals surface area contributed by atoms with E-state index in [2.05, 4.69) is 4.37 Å². The van der Waals surface area contributed by atoms with E-state index in [-0.39, 0.29) is 5.75 Å². The number of aromatic nitrogens is 1. The maximum atomic E-state index is 11.6. The summed E-state index contributed by atoms with van der Waals surface area (Å²) in [7, 11) is 0. The highest BCUT2D eigenvalue weighted by molar-refractivity contribution is 7.03. The van der Waals surface area contributed by atoms with Gasteiger partial charge in [-0.05, 0) is 29.7 Å². The second kappa shape index (κ2) is 4.82. The highest BCUT2D eigenvalue weighted by Gasteiger charge is 2.11. The Balaban J connectivity index is 2.18. The number of benzene rings is 1. The third-order valence-electron chi connectivity index (χ3n) is 1.76. The molecule has 6 heteroatoms. The van der Waals surface area contributed by atoms with Crippen molar-refractivity contribution in [3.63, 3.8) is 0 Å². The fourth-order valence-electron chi connectivity index (χ4n) is 1.02. The van der Waals surface area contributed by atoms with Crippen molar-refractivity contribution in [2.75, 3.05) is 0 Å². The zero-order valence-electron chi connectivity index (χ0n) is 7.81. The fraction of sp³-hybridized carbons (Fsp3) is 0. The predicted octanol–water partition coefficient (Wildman–Crippen LogP) is 3.67. The van der Waals surface area contributed by atoms with Gasteiger partial charge in [0.2, 0.25) is 0 Å². The van der Waals surface area contributed by atoms with Crippen LogP contribution >= 0.6 is 34.7 Å². The number of carbonyl (C=O) groups excluding carboxylic acids is 1. The first-order valence-electron chi connectivity index (χ1n) is 4.23. The molecule has 3 nitrogen and oxygen atoms in total. The Kier molecular flexibility index (Phi) is 3.43. The molecule has 0 N–H and O–H groups in total. The molecular weight excluding hydrogens is 269 g/mol. The maximum Gasteiger partial charge on any atom is 0.346 e. The van der Waals surface area contributed by atoms with Gasteiger partial charge >= 0.3 is 5.97 Å². The molecule has 0 radical (unpaired) electrons.